The van der Waals surface area contributed by atoms with Crippen molar-refractivity contribution in [3.8, 4) is 0 Å². The van der Waals surface area contributed by atoms with Gasteiger partial charge in [0.2, 0.25) is 5.91 Å². The lowest BCUT2D eigenvalue weighted by Gasteiger charge is -2.33. The first kappa shape index (κ1) is 21.0. The van der Waals surface area contributed by atoms with E-state index in [1.165, 1.54) is 16.2 Å². The monoisotopic (exact) mass is 421 g/mol. The molecule has 6 nitrogen and oxygen atoms in total. The highest BCUT2D eigenvalue weighted by atomic mass is 32.1. The van der Waals surface area contributed by atoms with Gasteiger partial charge in [0, 0.05) is 42.5 Å². The molecular formula is C20H27N3O3S2. The van der Waals surface area contributed by atoms with E-state index in [1.807, 2.05) is 13.0 Å². The lowest BCUT2D eigenvalue weighted by molar-refractivity contribution is -0.117. The number of hydrogen-bond acceptors (Lipinski definition) is 7. The highest BCUT2D eigenvalue weighted by molar-refractivity contribution is 7.16. The number of amides is 1. The largest absolute Gasteiger partial charge is 0.462 e. The van der Waals surface area contributed by atoms with Crippen LogP contribution in [0.15, 0.2) is 23.6 Å². The summed E-state index contributed by atoms with van der Waals surface area (Å²) in [4.78, 5) is 31.7. The Morgan fingerprint density at radius 2 is 1.89 bits per heavy atom. The van der Waals surface area contributed by atoms with Crippen LogP contribution in [-0.2, 0) is 22.5 Å². The van der Waals surface area contributed by atoms with Crippen molar-refractivity contribution in [2.75, 3.05) is 44.6 Å². The van der Waals surface area contributed by atoms with Crippen LogP contribution in [0.3, 0.4) is 0 Å². The highest BCUT2D eigenvalue weighted by Crippen LogP contribution is 2.29. The maximum Gasteiger partial charge on any atom is 0.341 e. The maximum atomic E-state index is 12.5. The summed E-state index contributed by atoms with van der Waals surface area (Å²) in [6.07, 6.45) is 0.819. The second-order valence-electron chi connectivity index (χ2n) is 6.71. The van der Waals surface area contributed by atoms with E-state index in [0.29, 0.717) is 23.7 Å². The van der Waals surface area contributed by atoms with Gasteiger partial charge in [0.1, 0.15) is 5.00 Å². The molecule has 3 heterocycles. The Balaban J connectivity index is 1.51. The summed E-state index contributed by atoms with van der Waals surface area (Å²) >= 11 is 3.23. The van der Waals surface area contributed by atoms with Crippen molar-refractivity contribution in [1.29, 1.82) is 0 Å². The van der Waals surface area contributed by atoms with Gasteiger partial charge in [-0.3, -0.25) is 14.6 Å². The van der Waals surface area contributed by atoms with E-state index in [1.54, 1.807) is 18.3 Å². The number of esters is 1. The van der Waals surface area contributed by atoms with Crippen LogP contribution < -0.4 is 5.32 Å². The molecule has 8 heteroatoms. The number of ether oxygens (including phenoxy) is 1. The first-order chi connectivity index (χ1) is 13.6. The van der Waals surface area contributed by atoms with Crippen LogP contribution in [-0.4, -0.2) is 61.0 Å². The van der Waals surface area contributed by atoms with Gasteiger partial charge >= 0.3 is 5.97 Å². The maximum absolute atomic E-state index is 12.5. The molecule has 2 aromatic heterocycles. The van der Waals surface area contributed by atoms with Gasteiger partial charge in [0.05, 0.1) is 18.7 Å². The molecule has 3 rings (SSSR count). The fourth-order valence-corrected chi connectivity index (χ4v) is 4.91. The number of thiophene rings is 2. The number of nitrogens with zero attached hydrogens (tertiary/aromatic N) is 2. The van der Waals surface area contributed by atoms with E-state index in [4.69, 9.17) is 4.74 Å². The van der Waals surface area contributed by atoms with Crippen molar-refractivity contribution in [3.05, 3.63) is 38.9 Å². The zero-order valence-corrected chi connectivity index (χ0v) is 18.0. The topological polar surface area (TPSA) is 61.9 Å². The van der Waals surface area contributed by atoms with Gasteiger partial charge in [0.15, 0.2) is 0 Å². The van der Waals surface area contributed by atoms with Crippen LogP contribution in [0, 0.1) is 0 Å². The quantitative estimate of drug-likeness (QED) is 0.663. The van der Waals surface area contributed by atoms with Gasteiger partial charge in [-0.05, 0) is 30.9 Å². The summed E-state index contributed by atoms with van der Waals surface area (Å²) in [7, 11) is 0. The predicted molar refractivity (Wildman–Crippen MR) is 114 cm³/mol. The molecule has 1 fully saturated rings. The molecular weight excluding hydrogens is 394 g/mol. The smallest absolute Gasteiger partial charge is 0.341 e. The fraction of sp³-hybridized carbons (Fsp3) is 0.500. The SMILES string of the molecule is CCOC(=O)c1cc(CC)sc1NC(=O)CN1CCN(Cc2cccs2)CC1. The third kappa shape index (κ3) is 5.64. The summed E-state index contributed by atoms with van der Waals surface area (Å²) in [5, 5.41) is 5.62. The molecule has 0 bridgehead atoms. The van der Waals surface area contributed by atoms with Gasteiger partial charge in [-0.2, -0.15) is 0 Å². The molecule has 1 saturated heterocycles. The molecule has 0 spiro atoms. The Bertz CT molecular complexity index is 781. The summed E-state index contributed by atoms with van der Waals surface area (Å²) in [6, 6.07) is 6.07. The number of aryl methyl sites for hydroxylation is 1. The van der Waals surface area contributed by atoms with Crippen molar-refractivity contribution >= 4 is 39.6 Å². The van der Waals surface area contributed by atoms with Crippen LogP contribution in [0.2, 0.25) is 0 Å². The number of carbonyl (C=O) groups is 2. The normalized spacial score (nSPS) is 15.5. The lowest BCUT2D eigenvalue weighted by Crippen LogP contribution is -2.48. The summed E-state index contributed by atoms with van der Waals surface area (Å²) in [6.45, 7) is 9.10. The highest BCUT2D eigenvalue weighted by Gasteiger charge is 2.22. The molecule has 0 aliphatic carbocycles. The molecule has 2 aromatic rings. The average molecular weight is 422 g/mol. The predicted octanol–water partition coefficient (Wildman–Crippen LogP) is 3.31. The van der Waals surface area contributed by atoms with Crippen molar-refractivity contribution < 1.29 is 14.3 Å². The fourth-order valence-electron chi connectivity index (χ4n) is 3.17. The second kappa shape index (κ2) is 10.2. The molecule has 0 atom stereocenters. The van der Waals surface area contributed by atoms with Crippen LogP contribution in [0.1, 0.15) is 34.0 Å². The lowest BCUT2D eigenvalue weighted by atomic mass is 10.2. The second-order valence-corrected chi connectivity index (χ2v) is 8.88. The number of rotatable bonds is 8. The van der Waals surface area contributed by atoms with Crippen molar-refractivity contribution in [2.24, 2.45) is 0 Å². The first-order valence-electron chi connectivity index (χ1n) is 9.65. The molecule has 0 unspecified atom stereocenters. The number of anilines is 1. The minimum Gasteiger partial charge on any atom is -0.462 e. The Kier molecular flexibility index (Phi) is 7.61. The minimum absolute atomic E-state index is 0.0817. The third-order valence-corrected chi connectivity index (χ3v) is 6.73. The molecule has 1 N–H and O–H groups in total. The van der Waals surface area contributed by atoms with Gasteiger partial charge in [0.25, 0.3) is 0 Å². The molecule has 1 aliphatic heterocycles. The van der Waals surface area contributed by atoms with E-state index >= 15 is 0 Å². The number of hydrogen-bond donors (Lipinski definition) is 1. The molecule has 1 amide bonds. The molecule has 28 heavy (non-hydrogen) atoms. The van der Waals surface area contributed by atoms with Crippen LogP contribution in [0.4, 0.5) is 5.00 Å². The van der Waals surface area contributed by atoms with Gasteiger partial charge in [-0.15, -0.1) is 22.7 Å². The average Bonchev–Trinajstić information content (AvgIpc) is 3.33. The number of nitrogens with one attached hydrogen (secondary N) is 1. The van der Waals surface area contributed by atoms with Crippen LogP contribution in [0.5, 0.6) is 0 Å². The minimum atomic E-state index is -0.379. The zero-order chi connectivity index (χ0) is 19.9. The Labute approximate surface area is 174 Å². The summed E-state index contributed by atoms with van der Waals surface area (Å²) in [5.41, 5.74) is 0.456. The number of carbonyl (C=O) groups excluding carboxylic acids is 2. The van der Waals surface area contributed by atoms with Crippen molar-refractivity contribution in [2.45, 2.75) is 26.8 Å². The molecule has 0 saturated carbocycles. The Hall–Kier alpha value is -1.74. The molecule has 152 valence electrons. The van der Waals surface area contributed by atoms with Crippen LogP contribution >= 0.6 is 22.7 Å². The molecule has 0 radical (unpaired) electrons. The van der Waals surface area contributed by atoms with Gasteiger partial charge < -0.3 is 10.1 Å². The van der Waals surface area contributed by atoms with Crippen molar-refractivity contribution in [3.63, 3.8) is 0 Å². The zero-order valence-electron chi connectivity index (χ0n) is 16.4. The van der Waals surface area contributed by atoms with Crippen LogP contribution in [0.25, 0.3) is 0 Å². The first-order valence-corrected chi connectivity index (χ1v) is 11.4. The van der Waals surface area contributed by atoms with Crippen molar-refractivity contribution in [1.82, 2.24) is 9.80 Å². The van der Waals surface area contributed by atoms with E-state index in [0.717, 1.165) is 44.0 Å². The number of piperazine rings is 1. The standard InChI is InChI=1S/C20H27N3O3S2/c1-3-15-12-17(20(25)26-4-2)19(28-15)21-18(24)14-23-9-7-22(8-10-23)13-16-6-5-11-27-16/h5-6,11-12H,3-4,7-10,13-14H2,1-2H3,(H,21,24). The Morgan fingerprint density at radius 1 is 1.14 bits per heavy atom. The van der Waals surface area contributed by atoms with Gasteiger partial charge in [-0.1, -0.05) is 13.0 Å². The summed E-state index contributed by atoms with van der Waals surface area (Å²) in [5.74, 6) is -0.460. The molecule has 0 aromatic carbocycles. The Morgan fingerprint density at radius 3 is 2.54 bits per heavy atom. The van der Waals surface area contributed by atoms with E-state index in [9.17, 15) is 9.59 Å². The van der Waals surface area contributed by atoms with Gasteiger partial charge in [-0.25, -0.2) is 4.79 Å². The van der Waals surface area contributed by atoms with E-state index in [2.05, 4.69) is 32.6 Å². The summed E-state index contributed by atoms with van der Waals surface area (Å²) < 4.78 is 5.11. The molecule has 1 aliphatic rings. The van der Waals surface area contributed by atoms with E-state index in [-0.39, 0.29) is 11.9 Å². The third-order valence-electron chi connectivity index (χ3n) is 4.67. The van der Waals surface area contributed by atoms with E-state index < -0.39 is 0 Å².